The van der Waals surface area contributed by atoms with Gasteiger partial charge >= 0.3 is 5.97 Å². The second kappa shape index (κ2) is 7.32. The number of aliphatic carboxylic acids is 1. The zero-order valence-corrected chi connectivity index (χ0v) is 14.1. The fourth-order valence-electron chi connectivity index (χ4n) is 2.39. The number of hydrogen-bond donors (Lipinski definition) is 2. The highest BCUT2D eigenvalue weighted by Crippen LogP contribution is 2.30. The number of unbranched alkanes of at least 4 members (excludes halogenated alkanes) is 3. The zero-order chi connectivity index (χ0) is 15.3. The Kier molecular flexibility index (Phi) is 5.71. The van der Waals surface area contributed by atoms with Crippen molar-refractivity contribution >= 4 is 44.4 Å². The molecule has 2 N–H and O–H groups in total. The number of halogens is 2. The van der Waals surface area contributed by atoms with Gasteiger partial charge in [-0.15, -0.1) is 0 Å². The Morgan fingerprint density at radius 3 is 2.67 bits per heavy atom. The number of carboxylic acid groups (broad SMARTS) is 1. The van der Waals surface area contributed by atoms with Gasteiger partial charge in [0.2, 0.25) is 0 Å². The molecule has 0 radical (unpaired) electrons. The topological polar surface area (TPSA) is 53.1 Å². The SMILES string of the molecule is O=C(O)C(Cl)(Br)CCCCCCc1cc2ccccc2[nH]1. The summed E-state index contributed by atoms with van der Waals surface area (Å²) in [5.74, 6) is -1.01. The van der Waals surface area contributed by atoms with Crippen LogP contribution >= 0.6 is 27.5 Å². The van der Waals surface area contributed by atoms with E-state index in [1.54, 1.807) is 0 Å². The van der Waals surface area contributed by atoms with Gasteiger partial charge in [-0.3, -0.25) is 0 Å². The third kappa shape index (κ3) is 4.75. The van der Waals surface area contributed by atoms with Crippen molar-refractivity contribution in [1.29, 1.82) is 0 Å². The monoisotopic (exact) mass is 371 g/mol. The first-order valence-corrected chi connectivity index (χ1v) is 8.34. The van der Waals surface area contributed by atoms with Crippen LogP contribution in [0.15, 0.2) is 30.3 Å². The molecule has 0 aliphatic heterocycles. The molecule has 114 valence electrons. The molecule has 0 aliphatic rings. The Balaban J connectivity index is 1.67. The zero-order valence-electron chi connectivity index (χ0n) is 11.7. The first-order chi connectivity index (χ1) is 9.99. The molecule has 3 nitrogen and oxygen atoms in total. The molecule has 0 spiro atoms. The van der Waals surface area contributed by atoms with E-state index in [0.717, 1.165) is 32.1 Å². The minimum atomic E-state index is -1.30. The first-order valence-electron chi connectivity index (χ1n) is 7.17. The van der Waals surface area contributed by atoms with Crippen molar-refractivity contribution in [2.24, 2.45) is 0 Å². The summed E-state index contributed by atoms with van der Waals surface area (Å²) in [6.07, 6.45) is 5.44. The normalized spacial score (nSPS) is 14.2. The number of para-hydroxylation sites is 1. The summed E-state index contributed by atoms with van der Waals surface area (Å²) >= 11 is 8.87. The largest absolute Gasteiger partial charge is 0.479 e. The molecule has 2 aromatic rings. The molecule has 0 aliphatic carbocycles. The van der Waals surface area contributed by atoms with E-state index in [1.165, 1.54) is 16.6 Å². The van der Waals surface area contributed by atoms with Gasteiger partial charge in [-0.1, -0.05) is 65.0 Å². The number of H-pyrrole nitrogens is 1. The maximum Gasteiger partial charge on any atom is 0.335 e. The molecule has 1 aromatic carbocycles. The van der Waals surface area contributed by atoms with Gasteiger partial charge in [0, 0.05) is 11.2 Å². The van der Waals surface area contributed by atoms with Crippen molar-refractivity contribution in [3.63, 3.8) is 0 Å². The highest BCUT2D eigenvalue weighted by molar-refractivity contribution is 9.10. The predicted molar refractivity (Wildman–Crippen MR) is 90.2 cm³/mol. The minimum Gasteiger partial charge on any atom is -0.479 e. The third-order valence-electron chi connectivity index (χ3n) is 3.59. The highest BCUT2D eigenvalue weighted by Gasteiger charge is 2.31. The van der Waals surface area contributed by atoms with Gasteiger partial charge in [0.05, 0.1) is 0 Å². The van der Waals surface area contributed by atoms with E-state index in [2.05, 4.69) is 39.1 Å². The maximum atomic E-state index is 10.8. The number of carboxylic acids is 1. The summed E-state index contributed by atoms with van der Waals surface area (Å²) < 4.78 is -1.30. The van der Waals surface area contributed by atoms with E-state index in [1.807, 2.05) is 12.1 Å². The van der Waals surface area contributed by atoms with Gasteiger partial charge in [-0.2, -0.15) is 0 Å². The van der Waals surface area contributed by atoms with E-state index in [9.17, 15) is 4.79 Å². The van der Waals surface area contributed by atoms with Crippen LogP contribution in [0.2, 0.25) is 0 Å². The maximum absolute atomic E-state index is 10.8. The lowest BCUT2D eigenvalue weighted by Crippen LogP contribution is -2.24. The van der Waals surface area contributed by atoms with Crippen LogP contribution in [0.5, 0.6) is 0 Å². The molecule has 0 bridgehead atoms. The van der Waals surface area contributed by atoms with Gasteiger partial charge in [0.1, 0.15) is 0 Å². The van der Waals surface area contributed by atoms with Gasteiger partial charge in [0.15, 0.2) is 3.78 Å². The number of carbonyl (C=O) groups is 1. The van der Waals surface area contributed by atoms with Crippen molar-refractivity contribution < 1.29 is 9.90 Å². The number of aryl methyl sites for hydroxylation is 1. The standard InChI is InChI=1S/C16H19BrClNO2/c17-16(18,15(20)21)10-6-2-1-3-8-13-11-12-7-4-5-9-14(12)19-13/h4-5,7,9,11,19H,1-3,6,8,10H2,(H,20,21). The van der Waals surface area contributed by atoms with Crippen LogP contribution < -0.4 is 0 Å². The molecule has 1 atom stereocenters. The van der Waals surface area contributed by atoms with Crippen LogP contribution in [-0.4, -0.2) is 19.8 Å². The Bertz CT molecular complexity index is 576. The van der Waals surface area contributed by atoms with E-state index in [0.29, 0.717) is 6.42 Å². The van der Waals surface area contributed by atoms with Crippen LogP contribution in [-0.2, 0) is 11.2 Å². The average molecular weight is 373 g/mol. The highest BCUT2D eigenvalue weighted by atomic mass is 79.9. The second-order valence-corrected chi connectivity index (χ2v) is 7.76. The molecule has 5 heteroatoms. The van der Waals surface area contributed by atoms with Crippen LogP contribution in [0.3, 0.4) is 0 Å². The van der Waals surface area contributed by atoms with Crippen molar-refractivity contribution in [2.45, 2.75) is 42.3 Å². The Labute approximate surface area is 137 Å². The molecule has 0 saturated heterocycles. The van der Waals surface area contributed by atoms with Crippen molar-refractivity contribution in [2.75, 3.05) is 0 Å². The van der Waals surface area contributed by atoms with Crippen LogP contribution in [0.25, 0.3) is 10.9 Å². The fraction of sp³-hybridized carbons (Fsp3) is 0.438. The predicted octanol–water partition coefficient (Wildman–Crippen LogP) is 5.08. The number of nitrogens with one attached hydrogen (secondary N) is 1. The molecule has 0 fully saturated rings. The number of rotatable bonds is 8. The van der Waals surface area contributed by atoms with Crippen molar-refractivity contribution in [3.05, 3.63) is 36.0 Å². The summed E-state index contributed by atoms with van der Waals surface area (Å²) in [6.45, 7) is 0. The molecule has 1 unspecified atom stereocenters. The van der Waals surface area contributed by atoms with Crippen LogP contribution in [0.1, 0.15) is 37.8 Å². The molecule has 0 saturated carbocycles. The number of alkyl halides is 2. The van der Waals surface area contributed by atoms with E-state index in [-0.39, 0.29) is 0 Å². The second-order valence-electron chi connectivity index (χ2n) is 5.31. The molecule has 1 heterocycles. The summed E-state index contributed by atoms with van der Waals surface area (Å²) in [6, 6.07) is 10.5. The summed E-state index contributed by atoms with van der Waals surface area (Å²) in [5.41, 5.74) is 2.44. The quantitative estimate of drug-likeness (QED) is 0.502. The van der Waals surface area contributed by atoms with Gasteiger partial charge in [-0.25, -0.2) is 4.79 Å². The molecular formula is C16H19BrClNO2. The minimum absolute atomic E-state index is 0.441. The third-order valence-corrected chi connectivity index (χ3v) is 4.67. The lowest BCUT2D eigenvalue weighted by atomic mass is 10.1. The number of aromatic amines is 1. The smallest absolute Gasteiger partial charge is 0.335 e. The van der Waals surface area contributed by atoms with Gasteiger partial charge in [0.25, 0.3) is 0 Å². The van der Waals surface area contributed by atoms with Crippen LogP contribution in [0.4, 0.5) is 0 Å². The lowest BCUT2D eigenvalue weighted by molar-refractivity contribution is -0.137. The molecule has 1 aromatic heterocycles. The summed E-state index contributed by atoms with van der Waals surface area (Å²) in [5, 5.41) is 10.1. The first kappa shape index (κ1) is 16.4. The fourth-order valence-corrected chi connectivity index (χ4v) is 2.81. The summed E-state index contributed by atoms with van der Waals surface area (Å²) in [7, 11) is 0. The summed E-state index contributed by atoms with van der Waals surface area (Å²) in [4.78, 5) is 14.2. The Morgan fingerprint density at radius 1 is 1.24 bits per heavy atom. The number of fused-ring (bicyclic) bond motifs is 1. The number of aromatic nitrogens is 1. The van der Waals surface area contributed by atoms with Crippen molar-refractivity contribution in [1.82, 2.24) is 4.98 Å². The average Bonchev–Trinajstić information content (AvgIpc) is 2.85. The van der Waals surface area contributed by atoms with Crippen LogP contribution in [0, 0.1) is 0 Å². The molecule has 0 amide bonds. The number of hydrogen-bond acceptors (Lipinski definition) is 1. The Morgan fingerprint density at radius 2 is 1.95 bits per heavy atom. The van der Waals surface area contributed by atoms with Gasteiger partial charge < -0.3 is 10.1 Å². The van der Waals surface area contributed by atoms with Gasteiger partial charge in [-0.05, 0) is 36.8 Å². The Hall–Kier alpha value is -1.00. The molecular weight excluding hydrogens is 354 g/mol. The van der Waals surface area contributed by atoms with E-state index < -0.39 is 9.75 Å². The number of benzene rings is 1. The van der Waals surface area contributed by atoms with E-state index >= 15 is 0 Å². The molecule has 21 heavy (non-hydrogen) atoms. The molecule has 2 rings (SSSR count). The lowest BCUT2D eigenvalue weighted by Gasteiger charge is -2.13. The van der Waals surface area contributed by atoms with Crippen molar-refractivity contribution in [3.8, 4) is 0 Å². The van der Waals surface area contributed by atoms with E-state index in [4.69, 9.17) is 16.7 Å².